The van der Waals surface area contributed by atoms with E-state index in [4.69, 9.17) is 15.2 Å². The molecule has 0 aliphatic heterocycles. The van der Waals surface area contributed by atoms with E-state index in [1.165, 1.54) is 19.2 Å². The summed E-state index contributed by atoms with van der Waals surface area (Å²) < 4.78 is 22.9. The van der Waals surface area contributed by atoms with Gasteiger partial charge in [-0.25, -0.2) is 9.18 Å². The van der Waals surface area contributed by atoms with Crippen LogP contribution in [0.2, 0.25) is 0 Å². The maximum Gasteiger partial charge on any atom is 0.340 e. The van der Waals surface area contributed by atoms with Gasteiger partial charge in [0.1, 0.15) is 18.2 Å². The molecular formula is C15H14FNO3. The van der Waals surface area contributed by atoms with E-state index in [9.17, 15) is 9.18 Å². The molecule has 0 saturated carbocycles. The summed E-state index contributed by atoms with van der Waals surface area (Å²) in [4.78, 5) is 11.9. The van der Waals surface area contributed by atoms with Crippen molar-refractivity contribution in [3.05, 3.63) is 59.4 Å². The van der Waals surface area contributed by atoms with E-state index in [2.05, 4.69) is 0 Å². The van der Waals surface area contributed by atoms with Crippen molar-refractivity contribution in [2.75, 3.05) is 12.8 Å². The van der Waals surface area contributed by atoms with Gasteiger partial charge < -0.3 is 15.2 Å². The summed E-state index contributed by atoms with van der Waals surface area (Å²) in [7, 11) is 1.47. The van der Waals surface area contributed by atoms with E-state index < -0.39 is 5.97 Å². The normalized spacial score (nSPS) is 10.1. The predicted molar refractivity (Wildman–Crippen MR) is 72.9 cm³/mol. The summed E-state index contributed by atoms with van der Waals surface area (Å²) in [5.74, 6) is -0.468. The molecule has 2 aromatic carbocycles. The van der Waals surface area contributed by atoms with Crippen molar-refractivity contribution in [2.24, 2.45) is 0 Å². The molecule has 104 valence electrons. The molecule has 2 aromatic rings. The fourth-order valence-corrected chi connectivity index (χ4v) is 1.71. The predicted octanol–water partition coefficient (Wildman–Crippen LogP) is 2.77. The van der Waals surface area contributed by atoms with Gasteiger partial charge in [-0.05, 0) is 29.8 Å². The SMILES string of the molecule is COc1cccc(C(=O)OCc2ccc(F)cc2)c1N. The molecule has 0 spiro atoms. The summed E-state index contributed by atoms with van der Waals surface area (Å²) in [5, 5.41) is 0. The van der Waals surface area contributed by atoms with Gasteiger partial charge in [0.15, 0.2) is 0 Å². The highest BCUT2D eigenvalue weighted by Gasteiger charge is 2.14. The Hall–Kier alpha value is -2.56. The van der Waals surface area contributed by atoms with Crippen LogP contribution in [0.15, 0.2) is 42.5 Å². The first-order chi connectivity index (χ1) is 9.61. The zero-order valence-corrected chi connectivity index (χ0v) is 10.9. The third kappa shape index (κ3) is 3.06. The monoisotopic (exact) mass is 275 g/mol. The minimum atomic E-state index is -0.550. The maximum absolute atomic E-state index is 12.7. The number of hydrogen-bond donors (Lipinski definition) is 1. The second-order valence-electron chi connectivity index (χ2n) is 4.12. The van der Waals surface area contributed by atoms with Gasteiger partial charge in [-0.15, -0.1) is 0 Å². The molecule has 0 atom stereocenters. The van der Waals surface area contributed by atoms with E-state index in [0.717, 1.165) is 0 Å². The van der Waals surface area contributed by atoms with Crippen LogP contribution >= 0.6 is 0 Å². The third-order valence-electron chi connectivity index (χ3n) is 2.79. The first-order valence-electron chi connectivity index (χ1n) is 5.96. The van der Waals surface area contributed by atoms with Gasteiger partial charge in [-0.3, -0.25) is 0 Å². The zero-order chi connectivity index (χ0) is 14.5. The highest BCUT2D eigenvalue weighted by molar-refractivity contribution is 5.96. The first-order valence-corrected chi connectivity index (χ1v) is 5.96. The number of nitrogens with two attached hydrogens (primary N) is 1. The van der Waals surface area contributed by atoms with E-state index in [1.54, 1.807) is 30.3 Å². The standard InChI is InChI=1S/C15H14FNO3/c1-19-13-4-2-3-12(14(13)17)15(18)20-9-10-5-7-11(16)8-6-10/h2-8H,9,17H2,1H3. The Balaban J connectivity index is 2.07. The molecule has 0 saturated heterocycles. The van der Waals surface area contributed by atoms with Crippen molar-refractivity contribution in [1.82, 2.24) is 0 Å². The van der Waals surface area contributed by atoms with Crippen LogP contribution < -0.4 is 10.5 Å². The van der Waals surface area contributed by atoms with E-state index in [1.807, 2.05) is 0 Å². The van der Waals surface area contributed by atoms with Crippen LogP contribution in [0.25, 0.3) is 0 Å². The van der Waals surface area contributed by atoms with Crippen LogP contribution in [-0.2, 0) is 11.3 Å². The van der Waals surface area contributed by atoms with Crippen molar-refractivity contribution in [2.45, 2.75) is 6.61 Å². The maximum atomic E-state index is 12.7. The van der Waals surface area contributed by atoms with Crippen LogP contribution in [0.1, 0.15) is 15.9 Å². The van der Waals surface area contributed by atoms with Crippen molar-refractivity contribution in [1.29, 1.82) is 0 Å². The molecule has 2 N–H and O–H groups in total. The summed E-state index contributed by atoms with van der Waals surface area (Å²) in [6, 6.07) is 10.6. The molecule has 2 rings (SSSR count). The van der Waals surface area contributed by atoms with Crippen molar-refractivity contribution < 1.29 is 18.7 Å². The van der Waals surface area contributed by atoms with Gasteiger partial charge in [0.2, 0.25) is 0 Å². The molecule has 5 heteroatoms. The number of carbonyl (C=O) groups excluding carboxylic acids is 1. The molecule has 0 bridgehead atoms. The summed E-state index contributed by atoms with van der Waals surface area (Å²) in [6.07, 6.45) is 0. The molecule has 0 aliphatic carbocycles. The average Bonchev–Trinajstić information content (AvgIpc) is 2.46. The number of benzene rings is 2. The molecule has 0 heterocycles. The van der Waals surface area contributed by atoms with Gasteiger partial charge in [0.25, 0.3) is 0 Å². The van der Waals surface area contributed by atoms with Crippen LogP contribution in [0, 0.1) is 5.82 Å². The van der Waals surface area contributed by atoms with E-state index in [-0.39, 0.29) is 23.7 Å². The Bertz CT molecular complexity index is 611. The fourth-order valence-electron chi connectivity index (χ4n) is 1.71. The number of ether oxygens (including phenoxy) is 2. The lowest BCUT2D eigenvalue weighted by molar-refractivity contribution is 0.0473. The van der Waals surface area contributed by atoms with Crippen LogP contribution in [-0.4, -0.2) is 13.1 Å². The largest absolute Gasteiger partial charge is 0.495 e. The molecule has 0 fully saturated rings. The Kier molecular flexibility index (Phi) is 4.20. The second kappa shape index (κ2) is 6.06. The quantitative estimate of drug-likeness (QED) is 0.688. The van der Waals surface area contributed by atoms with Crippen LogP contribution in [0.5, 0.6) is 5.75 Å². The minimum Gasteiger partial charge on any atom is -0.495 e. The topological polar surface area (TPSA) is 61.5 Å². The minimum absolute atomic E-state index is 0.0514. The number of carbonyl (C=O) groups is 1. The molecule has 0 aliphatic rings. The number of hydrogen-bond acceptors (Lipinski definition) is 4. The summed E-state index contributed by atoms with van der Waals surface area (Å²) in [6.45, 7) is 0.0514. The van der Waals surface area contributed by atoms with Crippen molar-refractivity contribution in [3.8, 4) is 5.75 Å². The molecule has 0 unspecified atom stereocenters. The van der Waals surface area contributed by atoms with Gasteiger partial charge in [-0.1, -0.05) is 18.2 Å². The average molecular weight is 275 g/mol. The van der Waals surface area contributed by atoms with Crippen LogP contribution in [0.4, 0.5) is 10.1 Å². The van der Waals surface area contributed by atoms with E-state index >= 15 is 0 Å². The fraction of sp³-hybridized carbons (Fsp3) is 0.133. The Morgan fingerprint density at radius 1 is 1.20 bits per heavy atom. The Labute approximate surface area is 115 Å². The number of halogens is 1. The molecule has 0 radical (unpaired) electrons. The molecular weight excluding hydrogens is 261 g/mol. The Morgan fingerprint density at radius 2 is 1.90 bits per heavy atom. The number of nitrogen functional groups attached to an aromatic ring is 1. The number of methoxy groups -OCH3 is 1. The number of para-hydroxylation sites is 1. The summed E-state index contributed by atoms with van der Waals surface area (Å²) in [5.41, 5.74) is 6.98. The lowest BCUT2D eigenvalue weighted by Gasteiger charge is -2.10. The first kappa shape index (κ1) is 13.9. The smallest absolute Gasteiger partial charge is 0.340 e. The number of rotatable bonds is 4. The number of esters is 1. The van der Waals surface area contributed by atoms with Gasteiger partial charge >= 0.3 is 5.97 Å². The molecule has 0 amide bonds. The van der Waals surface area contributed by atoms with Gasteiger partial charge in [-0.2, -0.15) is 0 Å². The van der Waals surface area contributed by atoms with Crippen molar-refractivity contribution in [3.63, 3.8) is 0 Å². The van der Waals surface area contributed by atoms with Crippen molar-refractivity contribution >= 4 is 11.7 Å². The molecule has 4 nitrogen and oxygen atoms in total. The lowest BCUT2D eigenvalue weighted by Crippen LogP contribution is -2.09. The van der Waals surface area contributed by atoms with Gasteiger partial charge in [0, 0.05) is 0 Å². The zero-order valence-electron chi connectivity index (χ0n) is 10.9. The molecule has 20 heavy (non-hydrogen) atoms. The molecule has 0 aromatic heterocycles. The van der Waals surface area contributed by atoms with Crippen LogP contribution in [0.3, 0.4) is 0 Å². The van der Waals surface area contributed by atoms with Gasteiger partial charge in [0.05, 0.1) is 18.4 Å². The highest BCUT2D eigenvalue weighted by atomic mass is 19.1. The lowest BCUT2D eigenvalue weighted by atomic mass is 10.1. The summed E-state index contributed by atoms with van der Waals surface area (Å²) >= 11 is 0. The number of anilines is 1. The Morgan fingerprint density at radius 3 is 2.55 bits per heavy atom. The highest BCUT2D eigenvalue weighted by Crippen LogP contribution is 2.25. The second-order valence-corrected chi connectivity index (χ2v) is 4.12. The van der Waals surface area contributed by atoms with E-state index in [0.29, 0.717) is 11.3 Å². The third-order valence-corrected chi connectivity index (χ3v) is 2.79.